The van der Waals surface area contributed by atoms with Gasteiger partial charge in [-0.05, 0) is 49.7 Å². The summed E-state index contributed by atoms with van der Waals surface area (Å²) < 4.78 is 7.49. The van der Waals surface area contributed by atoms with Gasteiger partial charge in [0.2, 0.25) is 5.89 Å². The summed E-state index contributed by atoms with van der Waals surface area (Å²) in [5.41, 5.74) is 3.11. The Morgan fingerprint density at radius 1 is 1.16 bits per heavy atom. The van der Waals surface area contributed by atoms with Gasteiger partial charge in [-0.3, -0.25) is 4.79 Å². The van der Waals surface area contributed by atoms with Crippen molar-refractivity contribution in [2.24, 2.45) is 11.8 Å². The Kier molecular flexibility index (Phi) is 8.13. The molecule has 0 saturated carbocycles. The van der Waals surface area contributed by atoms with Gasteiger partial charge < -0.3 is 13.7 Å². The number of carbonyl (C=O) groups is 1. The van der Waals surface area contributed by atoms with E-state index in [1.54, 1.807) is 12.5 Å². The first-order valence-electron chi connectivity index (χ1n) is 11.2. The predicted octanol–water partition coefficient (Wildman–Crippen LogP) is 5.70. The normalized spacial score (nSPS) is 11.7. The molecule has 3 aromatic heterocycles. The van der Waals surface area contributed by atoms with Crippen LogP contribution in [0.3, 0.4) is 0 Å². The van der Waals surface area contributed by atoms with Crippen molar-refractivity contribution >= 4 is 23.2 Å². The molecule has 1 amide bonds. The third kappa shape index (κ3) is 5.88. The molecule has 0 fully saturated rings. The minimum atomic E-state index is 0.0675. The summed E-state index contributed by atoms with van der Waals surface area (Å²) in [5, 5.41) is 0. The van der Waals surface area contributed by atoms with Crippen LogP contribution in [0.1, 0.15) is 63.0 Å². The molecular weight excluding hydrogens is 412 g/mol. The van der Waals surface area contributed by atoms with Crippen molar-refractivity contribution in [2.75, 3.05) is 19.0 Å². The highest BCUT2D eigenvalue weighted by Gasteiger charge is 2.21. The standard InChI is InChI=1S/C24H33ClN4O2/c1-17(2)9-13-28(14-10-18(3)4)24(30)19-7-8-21-27-22(23-26-12-15-31-23)20(6-5-11-25)29(21)16-19/h7-8,12,15-18H,5-6,9-11,13-14H2,1-4H3. The molecule has 6 nitrogen and oxygen atoms in total. The van der Waals surface area contributed by atoms with E-state index in [0.29, 0.717) is 34.9 Å². The maximum Gasteiger partial charge on any atom is 0.255 e. The first-order valence-corrected chi connectivity index (χ1v) is 11.7. The number of carbonyl (C=O) groups excluding carboxylic acids is 1. The molecule has 0 atom stereocenters. The smallest absolute Gasteiger partial charge is 0.255 e. The average molecular weight is 445 g/mol. The number of hydrogen-bond acceptors (Lipinski definition) is 4. The van der Waals surface area contributed by atoms with Crippen LogP contribution in [0.25, 0.3) is 17.2 Å². The number of hydrogen-bond donors (Lipinski definition) is 0. The SMILES string of the molecule is CC(C)CCN(CCC(C)C)C(=O)c1ccc2nc(-c3ncco3)c(CCCCl)n2c1. The van der Waals surface area contributed by atoms with E-state index in [1.165, 1.54) is 0 Å². The molecule has 3 heterocycles. The van der Waals surface area contributed by atoms with Crippen LogP contribution in [0.5, 0.6) is 0 Å². The molecule has 0 aromatic carbocycles. The molecule has 0 aliphatic rings. The quantitative estimate of drug-likeness (QED) is 0.356. The van der Waals surface area contributed by atoms with Gasteiger partial charge in [-0.1, -0.05) is 27.7 Å². The van der Waals surface area contributed by atoms with E-state index in [-0.39, 0.29) is 5.91 Å². The van der Waals surface area contributed by atoms with Crippen molar-refractivity contribution in [3.63, 3.8) is 0 Å². The lowest BCUT2D eigenvalue weighted by Gasteiger charge is -2.24. The molecule has 168 valence electrons. The largest absolute Gasteiger partial charge is 0.443 e. The van der Waals surface area contributed by atoms with E-state index >= 15 is 0 Å². The van der Waals surface area contributed by atoms with Gasteiger partial charge in [0.25, 0.3) is 5.91 Å². The molecule has 0 aliphatic carbocycles. The number of halogens is 1. The topological polar surface area (TPSA) is 63.6 Å². The van der Waals surface area contributed by atoms with E-state index in [1.807, 2.05) is 27.6 Å². The van der Waals surface area contributed by atoms with Crippen LogP contribution in [-0.2, 0) is 6.42 Å². The number of aryl methyl sites for hydroxylation is 1. The van der Waals surface area contributed by atoms with E-state index in [0.717, 1.165) is 50.1 Å². The molecule has 7 heteroatoms. The van der Waals surface area contributed by atoms with Crippen LogP contribution in [0.15, 0.2) is 35.2 Å². The fraction of sp³-hybridized carbons (Fsp3) is 0.542. The number of amides is 1. The second-order valence-corrected chi connectivity index (χ2v) is 9.22. The van der Waals surface area contributed by atoms with E-state index in [2.05, 4.69) is 32.7 Å². The van der Waals surface area contributed by atoms with Crippen LogP contribution in [0.4, 0.5) is 0 Å². The Bertz CT molecular complexity index is 967. The van der Waals surface area contributed by atoms with Crippen LogP contribution in [0, 0.1) is 11.8 Å². The number of nitrogens with zero attached hydrogens (tertiary/aromatic N) is 4. The minimum absolute atomic E-state index is 0.0675. The van der Waals surface area contributed by atoms with Gasteiger partial charge in [0.15, 0.2) is 0 Å². The molecular formula is C24H33ClN4O2. The lowest BCUT2D eigenvalue weighted by molar-refractivity contribution is 0.0740. The molecule has 3 aromatic rings. The highest BCUT2D eigenvalue weighted by molar-refractivity contribution is 6.17. The van der Waals surface area contributed by atoms with Gasteiger partial charge in [-0.15, -0.1) is 11.6 Å². The summed E-state index contributed by atoms with van der Waals surface area (Å²) in [6.07, 6.45) is 8.57. The fourth-order valence-corrected chi connectivity index (χ4v) is 3.66. The molecule has 0 bridgehead atoms. The number of rotatable bonds is 11. The van der Waals surface area contributed by atoms with Crippen molar-refractivity contribution < 1.29 is 9.21 Å². The van der Waals surface area contributed by atoms with Crippen LogP contribution in [0.2, 0.25) is 0 Å². The predicted molar refractivity (Wildman–Crippen MR) is 125 cm³/mol. The number of pyridine rings is 1. The van der Waals surface area contributed by atoms with Crippen molar-refractivity contribution in [3.05, 3.63) is 42.0 Å². The Hall–Kier alpha value is -2.34. The summed E-state index contributed by atoms with van der Waals surface area (Å²) >= 11 is 5.96. The number of aromatic nitrogens is 3. The minimum Gasteiger partial charge on any atom is -0.443 e. The Morgan fingerprint density at radius 3 is 2.45 bits per heavy atom. The Labute approximate surface area is 189 Å². The molecule has 0 N–H and O–H groups in total. The highest BCUT2D eigenvalue weighted by Crippen LogP contribution is 2.25. The van der Waals surface area contributed by atoms with E-state index in [9.17, 15) is 4.79 Å². The van der Waals surface area contributed by atoms with Crippen LogP contribution < -0.4 is 0 Å². The molecule has 0 unspecified atom stereocenters. The maximum atomic E-state index is 13.4. The van der Waals surface area contributed by atoms with E-state index in [4.69, 9.17) is 21.0 Å². The van der Waals surface area contributed by atoms with Gasteiger partial charge in [-0.25, -0.2) is 9.97 Å². The Balaban J connectivity index is 1.95. The van der Waals surface area contributed by atoms with Crippen molar-refractivity contribution in [2.45, 2.75) is 53.4 Å². The van der Waals surface area contributed by atoms with Gasteiger partial charge in [-0.2, -0.15) is 0 Å². The van der Waals surface area contributed by atoms with Gasteiger partial charge in [0.1, 0.15) is 17.6 Å². The molecule has 0 spiro atoms. The van der Waals surface area contributed by atoms with Crippen LogP contribution >= 0.6 is 11.6 Å². The van der Waals surface area contributed by atoms with Crippen molar-refractivity contribution in [3.8, 4) is 11.6 Å². The Morgan fingerprint density at radius 2 is 1.87 bits per heavy atom. The lowest BCUT2D eigenvalue weighted by atomic mass is 10.1. The second kappa shape index (κ2) is 10.8. The number of oxazole rings is 1. The monoisotopic (exact) mass is 444 g/mol. The maximum absolute atomic E-state index is 13.4. The number of alkyl halides is 1. The van der Waals surface area contributed by atoms with Gasteiger partial charge in [0, 0.05) is 25.2 Å². The first kappa shape index (κ1) is 23.3. The second-order valence-electron chi connectivity index (χ2n) is 8.84. The zero-order chi connectivity index (χ0) is 22.4. The molecule has 0 saturated heterocycles. The molecule has 3 rings (SSSR count). The summed E-state index contributed by atoms with van der Waals surface area (Å²) in [6, 6.07) is 3.76. The van der Waals surface area contributed by atoms with Crippen molar-refractivity contribution in [1.82, 2.24) is 19.3 Å². The highest BCUT2D eigenvalue weighted by atomic mass is 35.5. The van der Waals surface area contributed by atoms with Gasteiger partial charge in [0.05, 0.1) is 17.5 Å². The number of fused-ring (bicyclic) bond motifs is 1. The third-order valence-electron chi connectivity index (χ3n) is 5.39. The van der Waals surface area contributed by atoms with Gasteiger partial charge >= 0.3 is 0 Å². The lowest BCUT2D eigenvalue weighted by Crippen LogP contribution is -2.34. The third-order valence-corrected chi connectivity index (χ3v) is 5.65. The first-order chi connectivity index (χ1) is 14.9. The molecule has 0 aliphatic heterocycles. The van der Waals surface area contributed by atoms with Crippen LogP contribution in [-0.4, -0.2) is 44.1 Å². The summed E-state index contributed by atoms with van der Waals surface area (Å²) in [6.45, 7) is 10.3. The zero-order valence-corrected chi connectivity index (χ0v) is 19.7. The summed E-state index contributed by atoms with van der Waals surface area (Å²) in [4.78, 5) is 24.4. The zero-order valence-electron chi connectivity index (χ0n) is 19.0. The van der Waals surface area contributed by atoms with E-state index < -0.39 is 0 Å². The summed E-state index contributed by atoms with van der Waals surface area (Å²) in [7, 11) is 0. The van der Waals surface area contributed by atoms with Crippen molar-refractivity contribution in [1.29, 1.82) is 0 Å². The molecule has 0 radical (unpaired) electrons. The molecule has 31 heavy (non-hydrogen) atoms. The fourth-order valence-electron chi connectivity index (χ4n) is 3.53. The summed E-state index contributed by atoms with van der Waals surface area (Å²) in [5.74, 6) is 2.20. The average Bonchev–Trinajstić information content (AvgIpc) is 3.38. The number of imidazole rings is 1.